The van der Waals surface area contributed by atoms with Gasteiger partial charge in [-0.1, -0.05) is 50.2 Å². The van der Waals surface area contributed by atoms with E-state index in [0.29, 0.717) is 42.5 Å². The third-order valence-corrected chi connectivity index (χ3v) is 5.32. The minimum atomic E-state index is -0.802. The molecular weight excluding hydrogens is 414 g/mol. The number of amides is 1. The molecule has 0 aliphatic carbocycles. The summed E-state index contributed by atoms with van der Waals surface area (Å²) in [6.45, 7) is 7.33. The molecule has 3 aromatic carbocycles. The molecule has 3 aromatic rings. The first-order valence-electron chi connectivity index (χ1n) is 11.2. The molecule has 172 valence electrons. The summed E-state index contributed by atoms with van der Waals surface area (Å²) >= 11 is 0. The van der Waals surface area contributed by atoms with Crippen LogP contribution in [0, 0.1) is 12.8 Å². The predicted octanol–water partition coefficient (Wildman–Crippen LogP) is 6.10. The fourth-order valence-electron chi connectivity index (χ4n) is 3.74. The molecule has 5 nitrogen and oxygen atoms in total. The van der Waals surface area contributed by atoms with Crippen LogP contribution in [0.3, 0.4) is 0 Å². The van der Waals surface area contributed by atoms with Gasteiger partial charge < -0.3 is 14.7 Å². The van der Waals surface area contributed by atoms with Gasteiger partial charge >= 0.3 is 5.97 Å². The van der Waals surface area contributed by atoms with E-state index in [0.717, 1.165) is 16.7 Å². The first-order valence-corrected chi connectivity index (χ1v) is 11.2. The second-order valence-corrected chi connectivity index (χ2v) is 8.68. The van der Waals surface area contributed by atoms with E-state index >= 15 is 0 Å². The monoisotopic (exact) mass is 445 g/mol. The van der Waals surface area contributed by atoms with Gasteiger partial charge in [0, 0.05) is 25.1 Å². The zero-order valence-electron chi connectivity index (χ0n) is 19.5. The Bertz CT molecular complexity index is 1090. The van der Waals surface area contributed by atoms with Crippen molar-refractivity contribution in [2.75, 3.05) is 6.54 Å². The fraction of sp³-hybridized carbons (Fsp3) is 0.286. The van der Waals surface area contributed by atoms with Crippen molar-refractivity contribution < 1.29 is 19.4 Å². The van der Waals surface area contributed by atoms with Crippen molar-refractivity contribution in [2.45, 2.75) is 40.2 Å². The number of carboxylic acids is 1. The average Bonchev–Trinajstić information content (AvgIpc) is 2.78. The minimum absolute atomic E-state index is 0.0168. The van der Waals surface area contributed by atoms with Gasteiger partial charge in [0.05, 0.1) is 0 Å². The molecule has 0 saturated carbocycles. The summed E-state index contributed by atoms with van der Waals surface area (Å²) in [7, 11) is 0. The molecule has 1 N–H and O–H groups in total. The van der Waals surface area contributed by atoms with E-state index < -0.39 is 5.97 Å². The molecule has 0 bridgehead atoms. The number of carbonyl (C=O) groups excluding carboxylic acids is 1. The van der Waals surface area contributed by atoms with Gasteiger partial charge in [-0.15, -0.1) is 0 Å². The maximum Gasteiger partial charge on any atom is 0.303 e. The highest BCUT2D eigenvalue weighted by Crippen LogP contribution is 2.26. The zero-order chi connectivity index (χ0) is 23.8. The Hall–Kier alpha value is -3.60. The van der Waals surface area contributed by atoms with E-state index in [4.69, 9.17) is 9.84 Å². The molecule has 0 unspecified atom stereocenters. The molecule has 0 saturated heterocycles. The van der Waals surface area contributed by atoms with Crippen molar-refractivity contribution in [2.24, 2.45) is 5.92 Å². The van der Waals surface area contributed by atoms with Crippen molar-refractivity contribution in [3.8, 4) is 11.5 Å². The molecule has 5 heteroatoms. The molecule has 0 aliphatic heterocycles. The Labute approximate surface area is 195 Å². The summed E-state index contributed by atoms with van der Waals surface area (Å²) in [4.78, 5) is 25.8. The summed E-state index contributed by atoms with van der Waals surface area (Å²) in [5.41, 5.74) is 3.68. The van der Waals surface area contributed by atoms with Crippen molar-refractivity contribution >= 4 is 11.9 Å². The van der Waals surface area contributed by atoms with E-state index in [-0.39, 0.29) is 12.3 Å². The maximum atomic E-state index is 13.1. The first-order chi connectivity index (χ1) is 15.8. The smallest absolute Gasteiger partial charge is 0.303 e. The lowest BCUT2D eigenvalue weighted by atomic mass is 10.0. The SMILES string of the molecule is Cc1cc(Oc2cccc(CN(CC(C)C)C(=O)c3ccccc3)c2)ccc1CCC(=O)O. The number of nitrogens with zero attached hydrogens (tertiary/aromatic N) is 1. The van der Waals surface area contributed by atoms with Gasteiger partial charge in [-0.2, -0.15) is 0 Å². The van der Waals surface area contributed by atoms with Gasteiger partial charge in [0.1, 0.15) is 11.5 Å². The van der Waals surface area contributed by atoms with Crippen LogP contribution in [0.5, 0.6) is 11.5 Å². The number of carbonyl (C=O) groups is 2. The number of hydrogen-bond acceptors (Lipinski definition) is 3. The lowest BCUT2D eigenvalue weighted by molar-refractivity contribution is -0.136. The Morgan fingerprint density at radius 1 is 0.939 bits per heavy atom. The lowest BCUT2D eigenvalue weighted by Gasteiger charge is -2.25. The highest BCUT2D eigenvalue weighted by molar-refractivity contribution is 5.94. The van der Waals surface area contributed by atoms with E-state index in [9.17, 15) is 9.59 Å². The summed E-state index contributed by atoms with van der Waals surface area (Å²) in [6, 6.07) is 22.8. The lowest BCUT2D eigenvalue weighted by Crippen LogP contribution is -2.33. The Balaban J connectivity index is 1.73. The molecule has 0 spiro atoms. The molecule has 0 radical (unpaired) electrons. The third-order valence-electron chi connectivity index (χ3n) is 5.32. The van der Waals surface area contributed by atoms with Crippen molar-refractivity contribution in [1.29, 1.82) is 0 Å². The Morgan fingerprint density at radius 3 is 2.33 bits per heavy atom. The van der Waals surface area contributed by atoms with E-state index in [2.05, 4.69) is 13.8 Å². The topological polar surface area (TPSA) is 66.8 Å². The maximum absolute atomic E-state index is 13.1. The first kappa shape index (κ1) is 24.1. The van der Waals surface area contributed by atoms with Crippen LogP contribution in [0.4, 0.5) is 0 Å². The average molecular weight is 446 g/mol. The normalized spacial score (nSPS) is 10.8. The molecule has 1 amide bonds. The third kappa shape index (κ3) is 7.21. The van der Waals surface area contributed by atoms with Crippen LogP contribution < -0.4 is 4.74 Å². The van der Waals surface area contributed by atoms with Crippen LogP contribution in [0.1, 0.15) is 47.3 Å². The number of carboxylic acid groups (broad SMARTS) is 1. The van der Waals surface area contributed by atoms with Crippen molar-refractivity contribution in [3.05, 3.63) is 95.1 Å². The number of aliphatic carboxylic acids is 1. The highest BCUT2D eigenvalue weighted by Gasteiger charge is 2.17. The summed E-state index contributed by atoms with van der Waals surface area (Å²) in [5, 5.41) is 8.90. The van der Waals surface area contributed by atoms with Gasteiger partial charge in [-0.05, 0) is 72.4 Å². The van der Waals surface area contributed by atoms with E-state index in [1.165, 1.54) is 0 Å². The fourth-order valence-corrected chi connectivity index (χ4v) is 3.74. The summed E-state index contributed by atoms with van der Waals surface area (Å²) in [6.07, 6.45) is 0.607. The molecular formula is C28H31NO4. The molecule has 0 heterocycles. The molecule has 3 rings (SSSR count). The van der Waals surface area contributed by atoms with Gasteiger partial charge in [0.15, 0.2) is 0 Å². The summed E-state index contributed by atoms with van der Waals surface area (Å²) < 4.78 is 6.07. The minimum Gasteiger partial charge on any atom is -0.481 e. The van der Waals surface area contributed by atoms with Gasteiger partial charge in [-0.3, -0.25) is 9.59 Å². The Kier molecular flexibility index (Phi) is 8.25. The van der Waals surface area contributed by atoms with Gasteiger partial charge in [0.25, 0.3) is 5.91 Å². The van der Waals surface area contributed by atoms with Crippen molar-refractivity contribution in [1.82, 2.24) is 4.90 Å². The standard InChI is InChI=1S/C28H31NO4/c1-20(2)18-29(28(32)24-9-5-4-6-10-24)19-22-8-7-11-25(17-22)33-26-14-12-23(21(3)16-26)13-15-27(30)31/h4-12,14,16-17,20H,13,15,18-19H2,1-3H3,(H,30,31). The van der Waals surface area contributed by atoms with Crippen molar-refractivity contribution in [3.63, 3.8) is 0 Å². The van der Waals surface area contributed by atoms with Crippen LogP contribution in [0.2, 0.25) is 0 Å². The van der Waals surface area contributed by atoms with Crippen LogP contribution in [-0.2, 0) is 17.8 Å². The molecule has 33 heavy (non-hydrogen) atoms. The zero-order valence-corrected chi connectivity index (χ0v) is 19.5. The number of aryl methyl sites for hydroxylation is 2. The van der Waals surface area contributed by atoms with Gasteiger partial charge in [-0.25, -0.2) is 0 Å². The Morgan fingerprint density at radius 2 is 1.67 bits per heavy atom. The molecule has 0 aromatic heterocycles. The van der Waals surface area contributed by atoms with E-state index in [1.807, 2.05) is 84.6 Å². The molecule has 0 fully saturated rings. The number of ether oxygens (including phenoxy) is 1. The van der Waals surface area contributed by atoms with Gasteiger partial charge in [0.2, 0.25) is 0 Å². The van der Waals surface area contributed by atoms with Crippen LogP contribution in [0.25, 0.3) is 0 Å². The number of benzene rings is 3. The van der Waals surface area contributed by atoms with Crippen LogP contribution in [0.15, 0.2) is 72.8 Å². The van der Waals surface area contributed by atoms with E-state index in [1.54, 1.807) is 0 Å². The number of rotatable bonds is 10. The van der Waals surface area contributed by atoms with Crippen LogP contribution >= 0.6 is 0 Å². The highest BCUT2D eigenvalue weighted by atomic mass is 16.5. The largest absolute Gasteiger partial charge is 0.481 e. The second kappa shape index (κ2) is 11.3. The predicted molar refractivity (Wildman–Crippen MR) is 130 cm³/mol. The second-order valence-electron chi connectivity index (χ2n) is 8.68. The molecule has 0 aliphatic rings. The number of hydrogen-bond donors (Lipinski definition) is 1. The summed E-state index contributed by atoms with van der Waals surface area (Å²) in [5.74, 6) is 0.955. The molecule has 0 atom stereocenters. The quantitative estimate of drug-likeness (QED) is 0.409. The van der Waals surface area contributed by atoms with Crippen LogP contribution in [-0.4, -0.2) is 28.4 Å².